The van der Waals surface area contributed by atoms with E-state index in [9.17, 15) is 10.1 Å². The summed E-state index contributed by atoms with van der Waals surface area (Å²) in [5.41, 5.74) is 2.64. The van der Waals surface area contributed by atoms with Gasteiger partial charge < -0.3 is 0 Å². The molecule has 1 aromatic heterocycles. The summed E-state index contributed by atoms with van der Waals surface area (Å²) in [6, 6.07) is 23.8. The molecule has 0 aliphatic carbocycles. The molecule has 6 nitrogen and oxygen atoms in total. The van der Waals surface area contributed by atoms with E-state index in [1.54, 1.807) is 12.1 Å². The van der Waals surface area contributed by atoms with E-state index in [0.717, 1.165) is 11.3 Å². The van der Waals surface area contributed by atoms with E-state index < -0.39 is 4.92 Å². The van der Waals surface area contributed by atoms with Gasteiger partial charge in [0.05, 0.1) is 4.92 Å². The fraction of sp³-hybridized carbons (Fsp3) is 0.0476. The first-order valence-electron chi connectivity index (χ1n) is 8.75. The van der Waals surface area contributed by atoms with Gasteiger partial charge in [0.25, 0.3) is 5.69 Å². The smallest absolute Gasteiger partial charge is 0.270 e. The third-order valence-electron chi connectivity index (χ3n) is 4.24. The van der Waals surface area contributed by atoms with Gasteiger partial charge in [-0.15, -0.1) is 10.2 Å². The van der Waals surface area contributed by atoms with Crippen LogP contribution in [-0.4, -0.2) is 19.7 Å². The zero-order valence-corrected chi connectivity index (χ0v) is 16.7. The van der Waals surface area contributed by atoms with Crippen LogP contribution in [0.1, 0.15) is 5.56 Å². The number of nitro groups is 1. The van der Waals surface area contributed by atoms with Crippen molar-refractivity contribution in [2.75, 3.05) is 0 Å². The highest BCUT2D eigenvalue weighted by Crippen LogP contribution is 2.31. The second-order valence-corrected chi connectivity index (χ2v) is 7.58. The number of non-ortho nitro benzene ring substituents is 1. The number of aromatic nitrogens is 3. The lowest BCUT2D eigenvalue weighted by atomic mass is 10.2. The molecule has 0 spiro atoms. The predicted octanol–water partition coefficient (Wildman–Crippen LogP) is 5.79. The Balaban J connectivity index is 1.73. The molecule has 0 amide bonds. The second kappa shape index (κ2) is 8.46. The normalized spacial score (nSPS) is 10.8. The van der Waals surface area contributed by atoms with E-state index in [0.29, 0.717) is 27.3 Å². The highest BCUT2D eigenvalue weighted by molar-refractivity contribution is 7.98. The first-order chi connectivity index (χ1) is 14.1. The Hall–Kier alpha value is -3.16. The van der Waals surface area contributed by atoms with Gasteiger partial charge in [-0.05, 0) is 29.8 Å². The SMILES string of the molecule is O=[N+]([O-])c1cccc(-c2nnc(SCc3ccc(Cl)cc3)n2-c2ccccc2)c1. The minimum Gasteiger partial charge on any atom is -0.270 e. The molecule has 8 heteroatoms. The Labute approximate surface area is 176 Å². The summed E-state index contributed by atoms with van der Waals surface area (Å²) in [7, 11) is 0. The average Bonchev–Trinajstić information content (AvgIpc) is 3.18. The Morgan fingerprint density at radius 3 is 2.45 bits per heavy atom. The van der Waals surface area contributed by atoms with Crippen molar-refractivity contribution < 1.29 is 4.92 Å². The zero-order valence-electron chi connectivity index (χ0n) is 15.1. The molecule has 1 heterocycles. The number of benzene rings is 3. The Morgan fingerprint density at radius 1 is 0.966 bits per heavy atom. The maximum atomic E-state index is 11.2. The molecule has 0 saturated carbocycles. The minimum absolute atomic E-state index is 0.0143. The van der Waals surface area contributed by atoms with Crippen LogP contribution in [-0.2, 0) is 5.75 Å². The number of hydrogen-bond donors (Lipinski definition) is 0. The van der Waals surface area contributed by atoms with Crippen molar-refractivity contribution in [2.24, 2.45) is 0 Å². The molecule has 0 aliphatic rings. The van der Waals surface area contributed by atoms with Gasteiger partial charge in [-0.2, -0.15) is 0 Å². The van der Waals surface area contributed by atoms with Crippen LogP contribution in [0.2, 0.25) is 5.02 Å². The molecule has 0 radical (unpaired) electrons. The number of hydrogen-bond acceptors (Lipinski definition) is 5. The Morgan fingerprint density at radius 2 is 1.72 bits per heavy atom. The highest BCUT2D eigenvalue weighted by atomic mass is 35.5. The fourth-order valence-electron chi connectivity index (χ4n) is 2.85. The number of para-hydroxylation sites is 1. The molecular formula is C21H15ClN4O2S. The van der Waals surface area contributed by atoms with E-state index >= 15 is 0 Å². The van der Waals surface area contributed by atoms with Crippen LogP contribution in [0.4, 0.5) is 5.69 Å². The molecule has 0 bridgehead atoms. The summed E-state index contributed by atoms with van der Waals surface area (Å²) >= 11 is 7.50. The van der Waals surface area contributed by atoms with E-state index in [-0.39, 0.29) is 5.69 Å². The molecular weight excluding hydrogens is 408 g/mol. The molecule has 0 unspecified atom stereocenters. The monoisotopic (exact) mass is 422 g/mol. The zero-order chi connectivity index (χ0) is 20.2. The van der Waals surface area contributed by atoms with Crippen molar-refractivity contribution >= 4 is 29.1 Å². The van der Waals surface area contributed by atoms with E-state index in [1.165, 1.54) is 23.9 Å². The summed E-state index contributed by atoms with van der Waals surface area (Å²) in [6.07, 6.45) is 0. The van der Waals surface area contributed by atoms with E-state index in [1.807, 2.05) is 59.2 Å². The summed E-state index contributed by atoms with van der Waals surface area (Å²) in [5, 5.41) is 21.3. The topological polar surface area (TPSA) is 73.8 Å². The fourth-order valence-corrected chi connectivity index (χ4v) is 3.88. The van der Waals surface area contributed by atoms with Gasteiger partial charge in [0.1, 0.15) is 0 Å². The van der Waals surface area contributed by atoms with Crippen LogP contribution in [0.3, 0.4) is 0 Å². The molecule has 0 aliphatic heterocycles. The van der Waals surface area contributed by atoms with Crippen LogP contribution in [0.15, 0.2) is 84.0 Å². The lowest BCUT2D eigenvalue weighted by Gasteiger charge is -2.10. The lowest BCUT2D eigenvalue weighted by Crippen LogP contribution is -2.00. The van der Waals surface area contributed by atoms with Crippen LogP contribution >= 0.6 is 23.4 Å². The number of halogens is 1. The van der Waals surface area contributed by atoms with Crippen LogP contribution in [0, 0.1) is 10.1 Å². The van der Waals surface area contributed by atoms with Gasteiger partial charge in [-0.1, -0.05) is 65.8 Å². The van der Waals surface area contributed by atoms with Crippen molar-refractivity contribution in [1.29, 1.82) is 0 Å². The summed E-state index contributed by atoms with van der Waals surface area (Å²) in [4.78, 5) is 10.8. The molecule has 29 heavy (non-hydrogen) atoms. The molecule has 0 fully saturated rings. The van der Waals surface area contributed by atoms with Gasteiger partial charge in [-0.25, -0.2) is 0 Å². The summed E-state index contributed by atoms with van der Waals surface area (Å²) in [5.74, 6) is 1.25. The maximum Gasteiger partial charge on any atom is 0.270 e. The van der Waals surface area contributed by atoms with Crippen molar-refractivity contribution in [3.8, 4) is 17.1 Å². The third-order valence-corrected chi connectivity index (χ3v) is 5.50. The van der Waals surface area contributed by atoms with Gasteiger partial charge in [0.15, 0.2) is 11.0 Å². The molecule has 3 aromatic carbocycles. The molecule has 4 rings (SSSR count). The largest absolute Gasteiger partial charge is 0.270 e. The molecule has 4 aromatic rings. The Bertz CT molecular complexity index is 1150. The first-order valence-corrected chi connectivity index (χ1v) is 10.1. The van der Waals surface area contributed by atoms with E-state index in [4.69, 9.17) is 11.6 Å². The molecule has 0 N–H and O–H groups in total. The first kappa shape index (κ1) is 19.2. The van der Waals surface area contributed by atoms with Crippen molar-refractivity contribution in [3.05, 3.63) is 99.6 Å². The average molecular weight is 423 g/mol. The van der Waals surface area contributed by atoms with Gasteiger partial charge in [0, 0.05) is 34.2 Å². The van der Waals surface area contributed by atoms with E-state index in [2.05, 4.69) is 10.2 Å². The van der Waals surface area contributed by atoms with Crippen molar-refractivity contribution in [1.82, 2.24) is 14.8 Å². The van der Waals surface area contributed by atoms with Crippen LogP contribution < -0.4 is 0 Å². The van der Waals surface area contributed by atoms with Crippen molar-refractivity contribution in [3.63, 3.8) is 0 Å². The van der Waals surface area contributed by atoms with Crippen LogP contribution in [0.5, 0.6) is 0 Å². The standard InChI is InChI=1S/C21H15ClN4O2S/c22-17-11-9-15(10-12-17)14-29-21-24-23-20(25(21)18-6-2-1-3-7-18)16-5-4-8-19(13-16)26(27)28/h1-13H,14H2. The predicted molar refractivity (Wildman–Crippen MR) is 114 cm³/mol. The Kier molecular flexibility index (Phi) is 5.59. The number of thioether (sulfide) groups is 1. The number of nitro benzene ring substituents is 1. The summed E-state index contributed by atoms with van der Waals surface area (Å²) < 4.78 is 1.92. The number of nitrogens with zero attached hydrogens (tertiary/aromatic N) is 4. The van der Waals surface area contributed by atoms with Crippen LogP contribution in [0.25, 0.3) is 17.1 Å². The third kappa shape index (κ3) is 4.31. The maximum absolute atomic E-state index is 11.2. The van der Waals surface area contributed by atoms with Gasteiger partial charge >= 0.3 is 0 Å². The summed E-state index contributed by atoms with van der Waals surface area (Å²) in [6.45, 7) is 0. The second-order valence-electron chi connectivity index (χ2n) is 6.20. The molecule has 0 saturated heterocycles. The van der Waals surface area contributed by atoms with Gasteiger partial charge in [0.2, 0.25) is 0 Å². The lowest BCUT2D eigenvalue weighted by molar-refractivity contribution is -0.384. The number of rotatable bonds is 6. The molecule has 0 atom stereocenters. The van der Waals surface area contributed by atoms with Crippen molar-refractivity contribution in [2.45, 2.75) is 10.9 Å². The minimum atomic E-state index is -0.414. The van der Waals surface area contributed by atoms with Gasteiger partial charge in [-0.3, -0.25) is 14.7 Å². The quantitative estimate of drug-likeness (QED) is 0.223. The highest BCUT2D eigenvalue weighted by Gasteiger charge is 2.18. The molecule has 144 valence electrons.